The third-order valence-corrected chi connectivity index (χ3v) is 23.9. The molecule has 6 amide bonds. The highest BCUT2D eigenvalue weighted by Crippen LogP contribution is 2.50. The van der Waals surface area contributed by atoms with Crippen molar-refractivity contribution in [3.8, 4) is 0 Å². The Morgan fingerprint density at radius 1 is 0.386 bits per heavy atom. The molecule has 712 valence electrons. The van der Waals surface area contributed by atoms with Crippen LogP contribution in [-0.4, -0.2) is 445 Å². The molecular formula is C73H103N7O45S2. The summed E-state index contributed by atoms with van der Waals surface area (Å²) in [5.41, 5.74) is 6.14. The number of fused-ring (bicyclic) bond motifs is 2. The third-order valence-electron chi connectivity index (χ3n) is 22.0. The van der Waals surface area contributed by atoms with Crippen LogP contribution in [0.25, 0.3) is 0 Å². The van der Waals surface area contributed by atoms with E-state index in [1.54, 1.807) is 23.1 Å². The Morgan fingerprint density at radius 3 is 1.13 bits per heavy atom. The average Bonchev–Trinajstić information content (AvgIpc) is 0.774. The van der Waals surface area contributed by atoms with E-state index < -0.39 is 319 Å². The Hall–Kier alpha value is -6.99. The van der Waals surface area contributed by atoms with Crippen molar-refractivity contribution in [1.29, 1.82) is 0 Å². The number of rotatable bonds is 32. The van der Waals surface area contributed by atoms with E-state index in [1.165, 1.54) is 23.5 Å². The fourth-order valence-electron chi connectivity index (χ4n) is 15.8. The quantitative estimate of drug-likeness (QED) is 0.0184. The number of thioether (sulfide) groups is 1. The number of aliphatic hydroxyl groups is 18. The Balaban J connectivity index is 0.822. The van der Waals surface area contributed by atoms with Crippen molar-refractivity contribution in [3.63, 3.8) is 0 Å². The van der Waals surface area contributed by atoms with Gasteiger partial charge < -0.3 is 200 Å². The first-order valence-corrected chi connectivity index (χ1v) is 41.6. The summed E-state index contributed by atoms with van der Waals surface area (Å²) in [7, 11) is 0. The average molecular weight is 1860 g/mol. The van der Waals surface area contributed by atoms with Gasteiger partial charge in [0.1, 0.15) is 171 Å². The third kappa shape index (κ3) is 22.2. The van der Waals surface area contributed by atoms with Crippen molar-refractivity contribution in [1.82, 2.24) is 32.1 Å². The van der Waals surface area contributed by atoms with E-state index in [0.29, 0.717) is 11.4 Å². The zero-order valence-corrected chi connectivity index (χ0v) is 69.2. The topological polar surface area (TPSA) is 792 Å². The molecule has 54 heteroatoms. The van der Waals surface area contributed by atoms with Gasteiger partial charge in [0, 0.05) is 55.3 Å². The number of benzene rings is 2. The molecule has 0 bridgehead atoms. The summed E-state index contributed by atoms with van der Waals surface area (Å²) in [6.45, 7) is -1.27. The molecule has 8 fully saturated rings. The summed E-state index contributed by atoms with van der Waals surface area (Å²) in [4.78, 5) is 122. The van der Waals surface area contributed by atoms with Gasteiger partial charge in [-0.05, 0) is 43.0 Å². The zero-order chi connectivity index (χ0) is 92.9. The SMILES string of the molecule is CSc1ccc2c(c1)N(C(=O)CCCNNC(=O)C1O[C@@H](O[C@H]3C(CO)O[C@@H](O[C@@H]4C(C(=O)O)O[C@@H](O[C@H]5C(CO)O[C@@H](O)C(NC(C)=O)[C@@H]5O)C(O)[C@@H]4O)C(NC(C)=O)[C@@H]3O)C(O)[C@H](O)[C@@H]1O[C@@H]1OC(CO)[C@H](O[C@@H]3OC(C(=O)O)[C@@H](O[C@@H]4OC(CO)[C@H](O[C@@H]5OC(C(=O)O)[C@@H](O)[C@@H](O)C5O)[C@@H](O)C4NC(C)=O)[C@@H](O)C3O)[C@@H](O)C1NC(C)=O)c1ccccc1S2. The number of nitrogens with zero attached hydrogens (tertiary/aromatic N) is 1. The number of nitrogens with one attached hydrogen (secondary N) is 6. The number of hydrogen-bond donors (Lipinski definition) is 27. The van der Waals surface area contributed by atoms with Crippen LogP contribution in [0, 0.1) is 0 Å². The Labute approximate surface area is 726 Å². The predicted molar refractivity (Wildman–Crippen MR) is 407 cm³/mol. The Bertz CT molecular complexity index is 4150. The van der Waals surface area contributed by atoms with Gasteiger partial charge >= 0.3 is 17.9 Å². The zero-order valence-electron chi connectivity index (χ0n) is 67.5. The van der Waals surface area contributed by atoms with Gasteiger partial charge in [-0.1, -0.05) is 23.9 Å². The van der Waals surface area contributed by atoms with E-state index >= 15 is 0 Å². The number of hydrazine groups is 1. The van der Waals surface area contributed by atoms with Crippen LogP contribution in [0.5, 0.6) is 0 Å². The molecule has 127 heavy (non-hydrogen) atoms. The van der Waals surface area contributed by atoms with Gasteiger partial charge in [-0.3, -0.25) is 39.1 Å². The predicted octanol–water partition coefficient (Wildman–Crippen LogP) is -13.6. The maximum absolute atomic E-state index is 14.9. The molecular weight excluding hydrogens is 1760 g/mol. The fraction of sp³-hybridized carbons (Fsp3) is 0.712. The second kappa shape index (κ2) is 43.6. The van der Waals surface area contributed by atoms with E-state index in [1.807, 2.05) is 30.5 Å². The number of carboxylic acid groups (broad SMARTS) is 3. The number of carboxylic acids is 3. The summed E-state index contributed by atoms with van der Waals surface area (Å²) in [5.74, 6) is -11.4. The van der Waals surface area contributed by atoms with Crippen LogP contribution in [0.3, 0.4) is 0 Å². The molecule has 27 N–H and O–H groups in total. The van der Waals surface area contributed by atoms with E-state index in [9.17, 15) is 150 Å². The highest BCUT2D eigenvalue weighted by Gasteiger charge is 2.62. The molecule has 0 spiro atoms. The van der Waals surface area contributed by atoms with E-state index in [0.717, 1.165) is 42.4 Å². The molecule has 9 aliphatic rings. The van der Waals surface area contributed by atoms with Crippen molar-refractivity contribution in [2.75, 3.05) is 44.1 Å². The van der Waals surface area contributed by atoms with Gasteiger partial charge in [-0.25, -0.2) is 19.8 Å². The number of aliphatic carboxylic acids is 3. The summed E-state index contributed by atoms with van der Waals surface area (Å²) in [6.07, 6.45) is -79.7. The van der Waals surface area contributed by atoms with Gasteiger partial charge in [0.15, 0.2) is 74.7 Å². The Kier molecular flexibility index (Phi) is 34.5. The van der Waals surface area contributed by atoms with Crippen molar-refractivity contribution in [3.05, 3.63) is 42.5 Å². The number of ether oxygens (including phenoxy) is 15. The molecule has 52 nitrogen and oxygen atoms in total. The van der Waals surface area contributed by atoms with Crippen molar-refractivity contribution < 1.29 is 221 Å². The maximum atomic E-state index is 14.9. The normalized spacial score (nSPS) is 41.0. The molecule has 2 aromatic carbocycles. The van der Waals surface area contributed by atoms with Crippen LogP contribution in [0.4, 0.5) is 11.4 Å². The molecule has 11 rings (SSSR count). The summed E-state index contributed by atoms with van der Waals surface area (Å²) in [6, 6.07) is 5.00. The smallest absolute Gasteiger partial charge is 0.335 e. The molecule has 40 atom stereocenters. The van der Waals surface area contributed by atoms with Crippen LogP contribution < -0.4 is 37.0 Å². The lowest BCUT2D eigenvalue weighted by molar-refractivity contribution is -0.381. The molecule has 0 aliphatic carbocycles. The fourth-order valence-corrected chi connectivity index (χ4v) is 17.3. The summed E-state index contributed by atoms with van der Waals surface area (Å²) in [5, 5.41) is 243. The number of hydrogen-bond acceptors (Lipinski definition) is 45. The van der Waals surface area contributed by atoms with Crippen LogP contribution in [-0.2, 0) is 114 Å². The number of carbonyl (C=O) groups excluding carboxylic acids is 6. The highest BCUT2D eigenvalue weighted by molar-refractivity contribution is 8.00. The van der Waals surface area contributed by atoms with Crippen LogP contribution in [0.15, 0.2) is 57.2 Å². The Morgan fingerprint density at radius 2 is 0.732 bits per heavy atom. The molecule has 8 saturated heterocycles. The van der Waals surface area contributed by atoms with Crippen LogP contribution in [0.1, 0.15) is 40.5 Å². The second-order valence-electron chi connectivity index (χ2n) is 30.8. The minimum atomic E-state index is -2.57. The molecule has 9 aliphatic heterocycles. The number of carbonyl (C=O) groups is 9. The van der Waals surface area contributed by atoms with Gasteiger partial charge in [-0.2, -0.15) is 0 Å². The standard InChI is InChI=1S/C73H103N7O45S2/c1-20(85)75-34-38(90)51(27(16-81)111-66(34)110)115-72-49(101)45(97)56(60(124-72)64(106)107)120-69-37(78-23(4)88)41(93)53(29(18-83)114-69)117-71-48(100)44(96)55(59(123-71)62(103)79-74-14-8-11-33(89)80-25-9-6-7-10-31(25)127-32-13-12-24(126-5)15-26(32)80)119-67-35(76-21(2)86)39(91)54(30(19-84)112-67)118-73-50(102)46(98)57(61(125-73)65(108)109)121-68-36(77-22(3)87)40(92)52(28(17-82)113-68)116-70-47(99)42(94)43(95)58(122-70)63(104)105/h6-7,9-10,12-13,15,27-30,34-61,66-74,81-84,90-102,110H,8,11,14,16-19H2,1-5H3,(H,75,85)(H,76,86)(H,77,87)(H,78,88)(H,79,103)(H,104,105)(H,106,107)(H,108,109)/t27?,28?,29?,30?,34?,35?,36?,37?,38-,39-,40-,41-,42+,43-,44-,45-,46-,47?,48?,49?,50?,51-,52-,53-,54-,55-,56-,57-,58?,59?,60?,61?,66+,67-,68-,69-,70+,71+,72+,73+/m0/s1. The molecule has 2 aromatic rings. The first-order chi connectivity index (χ1) is 60.2. The number of anilines is 2. The molecule has 0 aromatic heterocycles. The van der Waals surface area contributed by atoms with Gasteiger partial charge in [0.2, 0.25) is 29.5 Å². The monoisotopic (exact) mass is 1860 g/mol. The molecule has 0 saturated carbocycles. The first kappa shape index (κ1) is 101. The first-order valence-electron chi connectivity index (χ1n) is 39.5. The molecule has 0 radical (unpaired) electrons. The lowest BCUT2D eigenvalue weighted by atomic mass is 9.93. The largest absolute Gasteiger partial charge is 0.479 e. The number of amides is 6. The molecule has 9 heterocycles. The van der Waals surface area contributed by atoms with Crippen LogP contribution in [0.2, 0.25) is 0 Å². The number of aliphatic hydroxyl groups excluding tert-OH is 18. The van der Waals surface area contributed by atoms with E-state index in [-0.39, 0.29) is 25.3 Å². The lowest BCUT2D eigenvalue weighted by Gasteiger charge is -2.50. The van der Waals surface area contributed by atoms with Crippen molar-refractivity contribution in [2.45, 2.75) is 301 Å². The van der Waals surface area contributed by atoms with Gasteiger partial charge in [0.05, 0.1) is 37.8 Å². The lowest BCUT2D eigenvalue weighted by Crippen LogP contribution is -2.71. The maximum Gasteiger partial charge on any atom is 0.335 e. The minimum Gasteiger partial charge on any atom is -0.479 e. The van der Waals surface area contributed by atoms with E-state index in [4.69, 9.17) is 71.1 Å². The van der Waals surface area contributed by atoms with Crippen molar-refractivity contribution in [2.24, 2.45) is 0 Å². The highest BCUT2D eigenvalue weighted by atomic mass is 32.2. The minimum absolute atomic E-state index is 0.0208. The van der Waals surface area contributed by atoms with Gasteiger partial charge in [0.25, 0.3) is 5.91 Å². The second-order valence-corrected chi connectivity index (χ2v) is 32.7. The summed E-state index contributed by atoms with van der Waals surface area (Å²) >= 11 is 2.89. The van der Waals surface area contributed by atoms with Gasteiger partial charge in [-0.15, -0.1) is 11.8 Å². The molecule has 16 unspecified atom stereocenters. The van der Waals surface area contributed by atoms with Crippen molar-refractivity contribution >= 4 is 88.2 Å². The summed E-state index contributed by atoms with van der Waals surface area (Å²) < 4.78 is 86.6. The number of para-hydroxylation sites is 1. The van der Waals surface area contributed by atoms with E-state index in [2.05, 4.69) is 32.1 Å². The van der Waals surface area contributed by atoms with Crippen LogP contribution >= 0.6 is 23.5 Å².